The number of halogens is 1. The molecule has 156 valence electrons. The van der Waals surface area contributed by atoms with E-state index < -0.39 is 23.8 Å². The van der Waals surface area contributed by atoms with Crippen LogP contribution in [0, 0.1) is 17.1 Å². The van der Waals surface area contributed by atoms with Crippen molar-refractivity contribution in [1.29, 1.82) is 5.26 Å². The Bertz CT molecular complexity index is 978. The molecule has 2 aromatic rings. The Labute approximate surface area is 175 Å². The number of hydrogen-bond donors (Lipinski definition) is 0. The topological polar surface area (TPSA) is 73.6 Å². The number of nitriles is 1. The lowest BCUT2D eigenvalue weighted by Crippen LogP contribution is -2.37. The average molecular weight is 409 g/mol. The van der Waals surface area contributed by atoms with Crippen molar-refractivity contribution >= 4 is 23.6 Å². The van der Waals surface area contributed by atoms with E-state index in [0.29, 0.717) is 11.1 Å². The van der Waals surface area contributed by atoms with Gasteiger partial charge in [-0.2, -0.15) is 5.26 Å². The van der Waals surface area contributed by atoms with Crippen molar-refractivity contribution in [2.24, 2.45) is 0 Å². The molecule has 2 aromatic carbocycles. The third-order valence-corrected chi connectivity index (χ3v) is 4.38. The summed E-state index contributed by atoms with van der Waals surface area (Å²) >= 11 is 0. The number of anilines is 1. The minimum atomic E-state index is -1.09. The zero-order chi connectivity index (χ0) is 22.3. The molecule has 0 aromatic heterocycles. The summed E-state index contributed by atoms with van der Waals surface area (Å²) in [5.41, 5.74) is 2.05. The summed E-state index contributed by atoms with van der Waals surface area (Å²) in [6.45, 7) is 1.60. The highest BCUT2D eigenvalue weighted by atomic mass is 19.1. The number of amides is 1. The zero-order valence-electron chi connectivity index (χ0n) is 17.4. The van der Waals surface area contributed by atoms with Gasteiger partial charge in [0.25, 0.3) is 5.91 Å². The van der Waals surface area contributed by atoms with Gasteiger partial charge in [0.05, 0.1) is 0 Å². The van der Waals surface area contributed by atoms with Crippen LogP contribution in [0.3, 0.4) is 0 Å². The van der Waals surface area contributed by atoms with Crippen molar-refractivity contribution in [3.8, 4) is 6.07 Å². The van der Waals surface area contributed by atoms with Crippen molar-refractivity contribution in [2.45, 2.75) is 19.6 Å². The highest BCUT2D eigenvalue weighted by molar-refractivity contribution is 5.99. The Morgan fingerprint density at radius 2 is 1.83 bits per heavy atom. The molecule has 0 radical (unpaired) electrons. The molecule has 2 rings (SSSR count). The largest absolute Gasteiger partial charge is 0.448 e. The smallest absolute Gasteiger partial charge is 0.349 e. The summed E-state index contributed by atoms with van der Waals surface area (Å²) in [4.78, 5) is 28.1. The van der Waals surface area contributed by atoms with E-state index >= 15 is 0 Å². The van der Waals surface area contributed by atoms with Gasteiger partial charge in [-0.25, -0.2) is 9.18 Å². The van der Waals surface area contributed by atoms with E-state index in [1.165, 1.54) is 37.1 Å². The van der Waals surface area contributed by atoms with Crippen LogP contribution in [0.15, 0.2) is 54.1 Å². The molecule has 0 fully saturated rings. The van der Waals surface area contributed by atoms with Crippen LogP contribution in [0.5, 0.6) is 0 Å². The third-order valence-electron chi connectivity index (χ3n) is 4.38. The van der Waals surface area contributed by atoms with Crippen molar-refractivity contribution in [3.05, 3.63) is 71.0 Å². The second kappa shape index (κ2) is 10.2. The molecule has 0 heterocycles. The molecule has 30 heavy (non-hydrogen) atoms. The lowest BCUT2D eigenvalue weighted by Gasteiger charge is -2.21. The quantitative estimate of drug-likeness (QED) is 0.398. The molecule has 0 saturated heterocycles. The molecule has 0 aliphatic heterocycles. The number of benzene rings is 2. The monoisotopic (exact) mass is 409 g/mol. The third kappa shape index (κ3) is 6.17. The summed E-state index contributed by atoms with van der Waals surface area (Å²) in [6.07, 6.45) is 0.319. The van der Waals surface area contributed by atoms with E-state index in [2.05, 4.69) is 0 Å². The fourth-order valence-electron chi connectivity index (χ4n) is 2.74. The van der Waals surface area contributed by atoms with E-state index in [4.69, 9.17) is 4.74 Å². The SMILES string of the molecule is C[C@H](OC(=O)/C(C#N)=C/c1ccc(N(C)C)cc1)C(=O)N(C)Cc1cccc(F)c1. The fraction of sp³-hybridized carbons (Fsp3) is 0.261. The van der Waals surface area contributed by atoms with Crippen LogP contribution < -0.4 is 4.90 Å². The van der Waals surface area contributed by atoms with Gasteiger partial charge in [0.1, 0.15) is 17.5 Å². The molecule has 1 atom stereocenters. The predicted octanol–water partition coefficient (Wildman–Crippen LogP) is 3.39. The maximum Gasteiger partial charge on any atom is 0.349 e. The Kier molecular flexibility index (Phi) is 7.70. The van der Waals surface area contributed by atoms with Crippen molar-refractivity contribution in [2.75, 3.05) is 26.0 Å². The maximum absolute atomic E-state index is 13.3. The second-order valence-electron chi connectivity index (χ2n) is 7.03. The van der Waals surface area contributed by atoms with Crippen LogP contribution >= 0.6 is 0 Å². The van der Waals surface area contributed by atoms with Crippen LogP contribution in [0.1, 0.15) is 18.1 Å². The minimum Gasteiger partial charge on any atom is -0.448 e. The summed E-state index contributed by atoms with van der Waals surface area (Å²) in [5, 5.41) is 9.32. The first-order chi connectivity index (χ1) is 14.2. The molecule has 0 unspecified atom stereocenters. The molecule has 0 bridgehead atoms. The standard InChI is InChI=1S/C23H24FN3O3/c1-16(22(28)27(4)15-18-6-5-7-20(24)13-18)30-23(29)19(14-25)12-17-8-10-21(11-9-17)26(2)3/h5-13,16H,15H2,1-4H3/b19-12+/t16-/m0/s1. The number of rotatable bonds is 7. The van der Waals surface area contributed by atoms with Crippen LogP contribution in [0.2, 0.25) is 0 Å². The Morgan fingerprint density at radius 3 is 2.40 bits per heavy atom. The van der Waals surface area contributed by atoms with Crippen LogP contribution in [-0.2, 0) is 20.9 Å². The number of ether oxygens (including phenoxy) is 1. The average Bonchev–Trinajstić information content (AvgIpc) is 2.71. The van der Waals surface area contributed by atoms with Gasteiger partial charge in [-0.1, -0.05) is 24.3 Å². The van der Waals surface area contributed by atoms with E-state index in [9.17, 15) is 19.2 Å². The molecular formula is C23H24FN3O3. The molecule has 0 aliphatic rings. The summed E-state index contributed by atoms with van der Waals surface area (Å²) in [6, 6.07) is 15.0. The Hall–Kier alpha value is -3.66. The van der Waals surface area contributed by atoms with Gasteiger partial charge >= 0.3 is 5.97 Å². The fourth-order valence-corrected chi connectivity index (χ4v) is 2.74. The number of nitrogens with zero attached hydrogens (tertiary/aromatic N) is 3. The molecule has 0 spiro atoms. The van der Waals surface area contributed by atoms with E-state index in [0.717, 1.165) is 5.69 Å². The zero-order valence-corrected chi connectivity index (χ0v) is 17.4. The van der Waals surface area contributed by atoms with Gasteiger partial charge in [0, 0.05) is 33.4 Å². The van der Waals surface area contributed by atoms with Gasteiger partial charge in [-0.3, -0.25) is 4.79 Å². The first kappa shape index (κ1) is 22.6. The number of carbonyl (C=O) groups excluding carboxylic acids is 2. The Balaban J connectivity index is 2.03. The van der Waals surface area contributed by atoms with Gasteiger partial charge in [-0.05, 0) is 48.4 Å². The first-order valence-electron chi connectivity index (χ1n) is 9.31. The van der Waals surface area contributed by atoms with Crippen molar-refractivity contribution < 1.29 is 18.7 Å². The molecule has 1 amide bonds. The van der Waals surface area contributed by atoms with E-state index in [1.54, 1.807) is 24.3 Å². The summed E-state index contributed by atoms with van der Waals surface area (Å²) in [5.74, 6) is -1.73. The van der Waals surface area contributed by atoms with Crippen LogP contribution in [-0.4, -0.2) is 44.0 Å². The summed E-state index contributed by atoms with van der Waals surface area (Å²) in [7, 11) is 5.35. The van der Waals surface area contributed by atoms with E-state index in [1.807, 2.05) is 37.2 Å². The summed E-state index contributed by atoms with van der Waals surface area (Å²) < 4.78 is 18.5. The van der Waals surface area contributed by atoms with Crippen LogP contribution in [0.25, 0.3) is 6.08 Å². The lowest BCUT2D eigenvalue weighted by atomic mass is 10.1. The molecule has 0 N–H and O–H groups in total. The highest BCUT2D eigenvalue weighted by Gasteiger charge is 2.23. The molecule has 7 heteroatoms. The molecule has 0 aliphatic carbocycles. The Morgan fingerprint density at radius 1 is 1.17 bits per heavy atom. The van der Waals surface area contributed by atoms with E-state index in [-0.39, 0.29) is 12.1 Å². The first-order valence-corrected chi connectivity index (χ1v) is 9.31. The van der Waals surface area contributed by atoms with Gasteiger partial charge in [0.2, 0.25) is 0 Å². The van der Waals surface area contributed by atoms with Crippen molar-refractivity contribution in [1.82, 2.24) is 4.90 Å². The minimum absolute atomic E-state index is 0.164. The van der Waals surface area contributed by atoms with Gasteiger partial charge < -0.3 is 14.5 Å². The highest BCUT2D eigenvalue weighted by Crippen LogP contribution is 2.16. The normalized spacial score (nSPS) is 11.9. The van der Waals surface area contributed by atoms with Crippen LogP contribution in [0.4, 0.5) is 10.1 Å². The number of carbonyl (C=O) groups is 2. The van der Waals surface area contributed by atoms with Gasteiger partial charge in [-0.15, -0.1) is 0 Å². The lowest BCUT2D eigenvalue weighted by molar-refractivity contribution is -0.155. The van der Waals surface area contributed by atoms with Crippen molar-refractivity contribution in [3.63, 3.8) is 0 Å². The predicted molar refractivity (Wildman–Crippen MR) is 113 cm³/mol. The number of esters is 1. The molecule has 0 saturated carbocycles. The second-order valence-corrected chi connectivity index (χ2v) is 7.03. The van der Waals surface area contributed by atoms with Gasteiger partial charge in [0.15, 0.2) is 6.10 Å². The number of hydrogen-bond acceptors (Lipinski definition) is 5. The molecule has 6 nitrogen and oxygen atoms in total. The number of likely N-dealkylation sites (N-methyl/N-ethyl adjacent to an activating group) is 1. The molecular weight excluding hydrogens is 385 g/mol. The maximum atomic E-state index is 13.3.